The lowest BCUT2D eigenvalue weighted by Crippen LogP contribution is -2.17. The van der Waals surface area contributed by atoms with Crippen LogP contribution in [0.2, 0.25) is 4.34 Å². The summed E-state index contributed by atoms with van der Waals surface area (Å²) in [5.41, 5.74) is 0. The summed E-state index contributed by atoms with van der Waals surface area (Å²) in [7, 11) is -3.35. The molecule has 1 aromatic heterocycles. The molecule has 0 radical (unpaired) electrons. The number of thiophene rings is 1. The van der Waals surface area contributed by atoms with Gasteiger partial charge in [-0.15, -0.1) is 24.2 Å². The minimum Gasteiger partial charge on any atom is -0.229 e. The Morgan fingerprint density at radius 1 is 1.43 bits per heavy atom. The minimum absolute atomic E-state index is 0.0240. The fraction of sp³-hybridized carbons (Fsp3) is 0.250. The first-order valence-electron chi connectivity index (χ1n) is 3.55. The average molecular weight is 252 g/mol. The second-order valence-corrected chi connectivity index (χ2v) is 5.86. The average Bonchev–Trinajstić information content (AvgIpc) is 2.50. The van der Waals surface area contributed by atoms with Gasteiger partial charge in [-0.3, -0.25) is 0 Å². The minimum atomic E-state index is -3.35. The van der Waals surface area contributed by atoms with Crippen LogP contribution in [0, 0.1) is 12.8 Å². The van der Waals surface area contributed by atoms with Gasteiger partial charge in [0, 0.05) is 4.88 Å². The molecule has 14 heavy (non-hydrogen) atoms. The third-order valence-corrected chi connectivity index (χ3v) is 3.33. The number of primary sulfonamides is 1. The van der Waals surface area contributed by atoms with E-state index in [-0.39, 0.29) is 5.75 Å². The molecule has 2 N–H and O–H groups in total. The third kappa shape index (κ3) is 6.00. The molecular formula is C8H10ClNO2S2. The van der Waals surface area contributed by atoms with Crippen molar-refractivity contribution in [2.24, 2.45) is 5.14 Å². The fourth-order valence-corrected chi connectivity index (χ4v) is 2.45. The van der Waals surface area contributed by atoms with Crippen molar-refractivity contribution in [3.8, 4) is 12.8 Å². The number of hydrogen-bond acceptors (Lipinski definition) is 3. The molecule has 78 valence electrons. The highest BCUT2D eigenvalue weighted by molar-refractivity contribution is 7.89. The molecule has 0 unspecified atom stereocenters. The summed E-state index contributed by atoms with van der Waals surface area (Å²) in [6, 6.07) is 3.54. The smallest absolute Gasteiger partial charge is 0.209 e. The van der Waals surface area contributed by atoms with Crippen LogP contribution >= 0.6 is 22.9 Å². The normalized spacial score (nSPS) is 10.3. The van der Waals surface area contributed by atoms with E-state index < -0.39 is 10.0 Å². The van der Waals surface area contributed by atoms with Gasteiger partial charge in [0.2, 0.25) is 10.0 Å². The molecule has 0 aliphatic heterocycles. The van der Waals surface area contributed by atoms with E-state index >= 15 is 0 Å². The van der Waals surface area contributed by atoms with E-state index in [0.29, 0.717) is 10.8 Å². The fourth-order valence-electron chi connectivity index (χ4n) is 0.729. The van der Waals surface area contributed by atoms with Crippen LogP contribution in [-0.2, 0) is 16.4 Å². The Hall–Kier alpha value is -0.540. The lowest BCUT2D eigenvalue weighted by Gasteiger charge is -1.93. The molecule has 0 spiro atoms. The van der Waals surface area contributed by atoms with E-state index in [2.05, 4.69) is 12.8 Å². The van der Waals surface area contributed by atoms with E-state index in [1.165, 1.54) is 11.3 Å². The van der Waals surface area contributed by atoms with Gasteiger partial charge >= 0.3 is 0 Å². The van der Waals surface area contributed by atoms with Gasteiger partial charge in [0.25, 0.3) is 0 Å². The zero-order valence-corrected chi connectivity index (χ0v) is 9.70. The van der Waals surface area contributed by atoms with Crippen molar-refractivity contribution < 1.29 is 8.42 Å². The van der Waals surface area contributed by atoms with Crippen LogP contribution in [-0.4, -0.2) is 14.2 Å². The van der Waals surface area contributed by atoms with Crippen molar-refractivity contribution in [3.05, 3.63) is 21.3 Å². The largest absolute Gasteiger partial charge is 0.229 e. The molecule has 0 aliphatic rings. The highest BCUT2D eigenvalue weighted by Crippen LogP contribution is 2.21. The summed E-state index contributed by atoms with van der Waals surface area (Å²) in [6.07, 6.45) is 8.44. The Morgan fingerprint density at radius 2 is 2.00 bits per heavy atom. The maximum atomic E-state index is 10.6. The second kappa shape index (κ2) is 6.04. The van der Waals surface area contributed by atoms with Crippen molar-refractivity contribution in [1.29, 1.82) is 0 Å². The molecule has 1 aromatic rings. The summed E-state index contributed by atoms with van der Waals surface area (Å²) >= 11 is 7.02. The van der Waals surface area contributed by atoms with Gasteiger partial charge in [-0.05, 0) is 18.6 Å². The summed E-state index contributed by atoms with van der Waals surface area (Å²) in [4.78, 5) is 0.939. The standard InChI is InChI=1S/C6H8ClNO2S2.C2H2/c7-6-2-1-5(11-6)3-4-12(8,9)10;1-2/h1-2H,3-4H2,(H2,8,9,10);1-2H. The van der Waals surface area contributed by atoms with Gasteiger partial charge in [-0.25, -0.2) is 13.6 Å². The molecule has 0 amide bonds. The number of nitrogens with two attached hydrogens (primary N) is 1. The van der Waals surface area contributed by atoms with Crippen LogP contribution in [0.15, 0.2) is 12.1 Å². The molecule has 0 fully saturated rings. The SMILES string of the molecule is C#C.NS(=O)(=O)CCc1ccc(Cl)s1. The Bertz CT molecular complexity index is 394. The van der Waals surface area contributed by atoms with Crippen LogP contribution in [0.1, 0.15) is 4.88 Å². The summed E-state index contributed by atoms with van der Waals surface area (Å²) < 4.78 is 21.8. The monoisotopic (exact) mass is 251 g/mol. The Kier molecular flexibility index (Phi) is 5.81. The summed E-state index contributed by atoms with van der Waals surface area (Å²) in [6.45, 7) is 0. The molecule has 0 aromatic carbocycles. The first kappa shape index (κ1) is 13.5. The van der Waals surface area contributed by atoms with Crippen molar-refractivity contribution in [2.75, 3.05) is 5.75 Å². The maximum absolute atomic E-state index is 10.6. The van der Waals surface area contributed by atoms with Crippen molar-refractivity contribution in [1.82, 2.24) is 0 Å². The van der Waals surface area contributed by atoms with E-state index in [9.17, 15) is 8.42 Å². The zero-order valence-electron chi connectivity index (χ0n) is 7.31. The molecule has 0 atom stereocenters. The van der Waals surface area contributed by atoms with Crippen LogP contribution in [0.5, 0.6) is 0 Å². The van der Waals surface area contributed by atoms with Gasteiger partial charge < -0.3 is 0 Å². The molecule has 1 rings (SSSR count). The molecule has 1 heterocycles. The molecule has 0 aliphatic carbocycles. The number of rotatable bonds is 3. The molecule has 0 saturated heterocycles. The number of aryl methyl sites for hydroxylation is 1. The maximum Gasteiger partial charge on any atom is 0.209 e. The molecule has 0 saturated carbocycles. The van der Waals surface area contributed by atoms with E-state index in [1.54, 1.807) is 12.1 Å². The first-order chi connectivity index (χ1) is 6.47. The summed E-state index contributed by atoms with van der Waals surface area (Å²) in [5.74, 6) is -0.0240. The topological polar surface area (TPSA) is 60.2 Å². The zero-order chi connectivity index (χ0) is 11.2. The number of hydrogen-bond donors (Lipinski definition) is 1. The quantitative estimate of drug-likeness (QED) is 0.828. The third-order valence-electron chi connectivity index (χ3n) is 1.26. The predicted molar refractivity (Wildman–Crippen MR) is 60.9 cm³/mol. The van der Waals surface area contributed by atoms with Crippen LogP contribution < -0.4 is 5.14 Å². The molecular weight excluding hydrogens is 242 g/mol. The molecule has 6 heteroatoms. The first-order valence-corrected chi connectivity index (χ1v) is 6.46. The summed E-state index contributed by atoms with van der Waals surface area (Å²) in [5, 5.41) is 4.83. The Balaban J connectivity index is 0.000000791. The van der Waals surface area contributed by atoms with Crippen molar-refractivity contribution >= 4 is 33.0 Å². The lowest BCUT2D eigenvalue weighted by molar-refractivity contribution is 0.597. The lowest BCUT2D eigenvalue weighted by atomic mass is 10.4. The van der Waals surface area contributed by atoms with Crippen molar-refractivity contribution in [2.45, 2.75) is 6.42 Å². The van der Waals surface area contributed by atoms with Crippen LogP contribution in [0.4, 0.5) is 0 Å². The van der Waals surface area contributed by atoms with Gasteiger partial charge in [0.05, 0.1) is 10.1 Å². The van der Waals surface area contributed by atoms with Crippen molar-refractivity contribution in [3.63, 3.8) is 0 Å². The van der Waals surface area contributed by atoms with Crippen LogP contribution in [0.3, 0.4) is 0 Å². The van der Waals surface area contributed by atoms with E-state index in [4.69, 9.17) is 16.7 Å². The molecule has 0 bridgehead atoms. The second-order valence-electron chi connectivity index (χ2n) is 2.32. The number of terminal acetylenes is 1. The Morgan fingerprint density at radius 3 is 2.36 bits per heavy atom. The van der Waals surface area contributed by atoms with Gasteiger partial charge in [-0.2, -0.15) is 0 Å². The van der Waals surface area contributed by atoms with Gasteiger partial charge in [0.1, 0.15) is 0 Å². The Labute approximate surface area is 92.9 Å². The van der Waals surface area contributed by atoms with Gasteiger partial charge in [0.15, 0.2) is 0 Å². The highest BCUT2D eigenvalue weighted by Gasteiger charge is 2.04. The highest BCUT2D eigenvalue weighted by atomic mass is 35.5. The van der Waals surface area contributed by atoms with Gasteiger partial charge in [-0.1, -0.05) is 11.6 Å². The number of sulfonamides is 1. The molecule has 3 nitrogen and oxygen atoms in total. The predicted octanol–water partition coefficient (Wildman–Crippen LogP) is 1.48. The van der Waals surface area contributed by atoms with E-state index in [1.807, 2.05) is 0 Å². The van der Waals surface area contributed by atoms with Crippen LogP contribution in [0.25, 0.3) is 0 Å². The number of halogens is 1. The van der Waals surface area contributed by atoms with E-state index in [0.717, 1.165) is 4.88 Å².